The molecule has 0 saturated heterocycles. The second-order valence-electron chi connectivity index (χ2n) is 11.3. The normalized spacial score (nSPS) is 18.4. The van der Waals surface area contributed by atoms with Crippen molar-refractivity contribution in [2.45, 2.75) is 64.9 Å². The monoisotopic (exact) mass is 565 g/mol. The van der Waals surface area contributed by atoms with Gasteiger partial charge in [-0.3, -0.25) is 14.5 Å². The van der Waals surface area contributed by atoms with Crippen molar-refractivity contribution >= 4 is 27.0 Å². The maximum absolute atomic E-state index is 13.7. The van der Waals surface area contributed by atoms with E-state index in [9.17, 15) is 18.3 Å². The Morgan fingerprint density at radius 2 is 2.00 bits per heavy atom. The van der Waals surface area contributed by atoms with Crippen LogP contribution in [0.25, 0.3) is 11.0 Å². The molecular weight excluding hydrogens is 530 g/mol. The van der Waals surface area contributed by atoms with Gasteiger partial charge < -0.3 is 5.11 Å². The summed E-state index contributed by atoms with van der Waals surface area (Å²) in [4.78, 5) is 17.1. The van der Waals surface area contributed by atoms with Crippen LogP contribution in [0.3, 0.4) is 0 Å². The number of aryl methyl sites for hydroxylation is 3. The van der Waals surface area contributed by atoms with Crippen molar-refractivity contribution < 1.29 is 18.3 Å². The summed E-state index contributed by atoms with van der Waals surface area (Å²) in [6.07, 6.45) is 2.19. The molecule has 0 saturated carbocycles. The standard InChI is InChI=1S/C28H35N7O4S/c1-7-35-23-11-10-20(18(3)26(23)30-32-35)25(28(4,5)27(36)37)22-14-19(33(6)31-22)16-34-15-17(2)13-21-24(40(34,38)39)9-8-12-29-21/h8-12,14,17,25H,7,13,15-16H2,1-6H3,(H,36,37)/t17-,25?/m0/s1. The highest BCUT2D eigenvalue weighted by atomic mass is 32.2. The van der Waals surface area contributed by atoms with Crippen LogP contribution >= 0.6 is 0 Å². The van der Waals surface area contributed by atoms with Crippen LogP contribution in [0.2, 0.25) is 0 Å². The zero-order valence-corrected chi connectivity index (χ0v) is 24.5. The highest BCUT2D eigenvalue weighted by Gasteiger charge is 2.42. The van der Waals surface area contributed by atoms with E-state index in [2.05, 4.69) is 15.3 Å². The molecule has 212 valence electrons. The highest BCUT2D eigenvalue weighted by molar-refractivity contribution is 7.89. The van der Waals surface area contributed by atoms with E-state index in [0.29, 0.717) is 36.6 Å². The SMILES string of the molecule is CCn1nnc2c(C)c(C(c3cc(CN4C[C@@H](C)Cc5ncccc5S4(=O)=O)n(C)n3)C(C)(C)C(=O)O)ccc21. The van der Waals surface area contributed by atoms with Crippen LogP contribution in [-0.4, -0.2) is 60.1 Å². The van der Waals surface area contributed by atoms with Crippen molar-refractivity contribution in [3.05, 3.63) is 64.7 Å². The molecule has 3 aromatic heterocycles. The summed E-state index contributed by atoms with van der Waals surface area (Å²) < 4.78 is 32.2. The van der Waals surface area contributed by atoms with Gasteiger partial charge in [-0.15, -0.1) is 5.10 Å². The van der Waals surface area contributed by atoms with E-state index >= 15 is 0 Å². The number of hydrogen-bond donors (Lipinski definition) is 1. The van der Waals surface area contributed by atoms with Crippen molar-refractivity contribution in [1.82, 2.24) is 34.1 Å². The maximum Gasteiger partial charge on any atom is 0.310 e. The van der Waals surface area contributed by atoms with E-state index in [1.54, 1.807) is 48.6 Å². The largest absolute Gasteiger partial charge is 0.481 e. The van der Waals surface area contributed by atoms with Crippen LogP contribution in [0.1, 0.15) is 61.8 Å². The molecule has 0 amide bonds. The van der Waals surface area contributed by atoms with Crippen molar-refractivity contribution in [3.8, 4) is 0 Å². The Balaban J connectivity index is 1.59. The van der Waals surface area contributed by atoms with Gasteiger partial charge >= 0.3 is 5.97 Å². The molecule has 1 aromatic carbocycles. The minimum absolute atomic E-state index is 0.0724. The molecule has 4 heterocycles. The van der Waals surface area contributed by atoms with Gasteiger partial charge in [-0.1, -0.05) is 18.2 Å². The van der Waals surface area contributed by atoms with Crippen LogP contribution in [-0.2, 0) is 41.4 Å². The summed E-state index contributed by atoms with van der Waals surface area (Å²) in [5.41, 5.74) is 3.82. The molecule has 0 radical (unpaired) electrons. The fraction of sp³-hybridized carbons (Fsp3) is 0.464. The van der Waals surface area contributed by atoms with Crippen LogP contribution in [0.4, 0.5) is 0 Å². The quantitative estimate of drug-likeness (QED) is 0.360. The zero-order chi connectivity index (χ0) is 29.0. The van der Waals surface area contributed by atoms with Gasteiger partial charge in [-0.05, 0) is 75.4 Å². The van der Waals surface area contributed by atoms with Crippen LogP contribution in [0, 0.1) is 18.3 Å². The van der Waals surface area contributed by atoms with Crippen molar-refractivity contribution in [3.63, 3.8) is 0 Å². The number of rotatable bonds is 7. The second-order valence-corrected chi connectivity index (χ2v) is 13.2. The first-order valence-electron chi connectivity index (χ1n) is 13.4. The number of carboxylic acid groups (broad SMARTS) is 1. The number of sulfonamides is 1. The van der Waals surface area contributed by atoms with Crippen LogP contribution in [0.15, 0.2) is 41.4 Å². The molecule has 1 aliphatic rings. The average Bonchev–Trinajstić information content (AvgIpc) is 3.46. The molecule has 2 atom stereocenters. The number of aromatic nitrogens is 6. The van der Waals surface area contributed by atoms with Gasteiger partial charge in [0.05, 0.1) is 34.6 Å². The van der Waals surface area contributed by atoms with Crippen molar-refractivity contribution in [2.24, 2.45) is 18.4 Å². The number of fused-ring (bicyclic) bond motifs is 2. The van der Waals surface area contributed by atoms with Crippen LogP contribution in [0.5, 0.6) is 0 Å². The van der Waals surface area contributed by atoms with Crippen molar-refractivity contribution in [2.75, 3.05) is 6.54 Å². The number of carbonyl (C=O) groups is 1. The van der Waals surface area contributed by atoms with E-state index in [4.69, 9.17) is 5.10 Å². The molecule has 0 fully saturated rings. The number of hydrogen-bond acceptors (Lipinski definition) is 7. The Labute approximate surface area is 233 Å². The van der Waals surface area contributed by atoms with Gasteiger partial charge in [0.15, 0.2) is 0 Å². The smallest absolute Gasteiger partial charge is 0.310 e. The average molecular weight is 566 g/mol. The predicted molar refractivity (Wildman–Crippen MR) is 149 cm³/mol. The number of carboxylic acids is 1. The molecule has 0 bridgehead atoms. The Hall–Kier alpha value is -3.64. The molecule has 12 heteroatoms. The first kappa shape index (κ1) is 27.9. The van der Waals surface area contributed by atoms with Gasteiger partial charge in [0, 0.05) is 32.3 Å². The van der Waals surface area contributed by atoms with Gasteiger partial charge in [-0.2, -0.15) is 9.40 Å². The van der Waals surface area contributed by atoms with E-state index in [-0.39, 0.29) is 17.4 Å². The predicted octanol–water partition coefficient (Wildman–Crippen LogP) is 3.51. The van der Waals surface area contributed by atoms with E-state index in [1.807, 2.05) is 39.0 Å². The summed E-state index contributed by atoms with van der Waals surface area (Å²) in [7, 11) is -2.03. The van der Waals surface area contributed by atoms with E-state index in [1.165, 1.54) is 4.31 Å². The lowest BCUT2D eigenvalue weighted by Gasteiger charge is -2.30. The van der Waals surface area contributed by atoms with Gasteiger partial charge in [0.25, 0.3) is 0 Å². The topological polar surface area (TPSA) is 136 Å². The minimum Gasteiger partial charge on any atom is -0.481 e. The number of benzene rings is 1. The third kappa shape index (κ3) is 4.58. The summed E-state index contributed by atoms with van der Waals surface area (Å²) in [5.74, 6) is -1.51. The molecule has 11 nitrogen and oxygen atoms in total. The summed E-state index contributed by atoms with van der Waals surface area (Å²) in [5, 5.41) is 23.6. The molecular formula is C28H35N7O4S. The molecule has 5 rings (SSSR count). The third-order valence-corrected chi connectivity index (χ3v) is 9.90. The third-order valence-electron chi connectivity index (χ3n) is 8.02. The molecule has 1 aliphatic heterocycles. The molecule has 1 unspecified atom stereocenters. The number of aliphatic carboxylic acids is 1. The fourth-order valence-electron chi connectivity index (χ4n) is 5.71. The van der Waals surface area contributed by atoms with E-state index < -0.39 is 27.3 Å². The van der Waals surface area contributed by atoms with Gasteiger partial charge in [0.1, 0.15) is 10.4 Å². The lowest BCUT2D eigenvalue weighted by Crippen LogP contribution is -2.33. The fourth-order valence-corrected chi connectivity index (χ4v) is 7.43. The highest BCUT2D eigenvalue weighted by Crippen LogP contribution is 2.43. The molecule has 4 aromatic rings. The summed E-state index contributed by atoms with van der Waals surface area (Å²) in [6, 6.07) is 8.94. The number of pyridine rings is 1. The first-order valence-corrected chi connectivity index (χ1v) is 14.8. The van der Waals surface area contributed by atoms with Crippen LogP contribution < -0.4 is 0 Å². The molecule has 40 heavy (non-hydrogen) atoms. The lowest BCUT2D eigenvalue weighted by molar-refractivity contribution is -0.147. The Bertz CT molecular complexity index is 1710. The first-order chi connectivity index (χ1) is 18.9. The van der Waals surface area contributed by atoms with Crippen molar-refractivity contribution in [1.29, 1.82) is 0 Å². The summed E-state index contributed by atoms with van der Waals surface area (Å²) >= 11 is 0. The lowest BCUT2D eigenvalue weighted by atomic mass is 9.72. The van der Waals surface area contributed by atoms with E-state index in [0.717, 1.165) is 22.2 Å². The Kier molecular flexibility index (Phi) is 7.03. The maximum atomic E-state index is 13.7. The molecule has 0 aliphatic carbocycles. The number of nitrogens with zero attached hydrogens (tertiary/aromatic N) is 7. The molecule has 0 spiro atoms. The Morgan fingerprint density at radius 3 is 2.70 bits per heavy atom. The van der Waals surface area contributed by atoms with Gasteiger partial charge in [-0.25, -0.2) is 13.1 Å². The summed E-state index contributed by atoms with van der Waals surface area (Å²) in [6.45, 7) is 10.4. The van der Waals surface area contributed by atoms with Gasteiger partial charge in [0.2, 0.25) is 10.0 Å². The Morgan fingerprint density at radius 1 is 1.25 bits per heavy atom. The zero-order valence-electron chi connectivity index (χ0n) is 23.7. The minimum atomic E-state index is -3.79. The molecule has 1 N–H and O–H groups in total. The second kappa shape index (κ2) is 10.1.